The first-order valence-corrected chi connectivity index (χ1v) is 10.7. The molecular weight excluding hydrogens is 467 g/mol. The molecule has 2 aromatic carbocycles. The van der Waals surface area contributed by atoms with E-state index in [0.29, 0.717) is 43.1 Å². The largest absolute Gasteiger partial charge is 0.485 e. The van der Waals surface area contributed by atoms with Gasteiger partial charge >= 0.3 is 0 Å². The van der Waals surface area contributed by atoms with Gasteiger partial charge in [0.15, 0.2) is 10.8 Å². The van der Waals surface area contributed by atoms with Gasteiger partial charge in [0, 0.05) is 15.6 Å². The summed E-state index contributed by atoms with van der Waals surface area (Å²) in [6.45, 7) is 0.239. The Bertz CT molecular complexity index is 1340. The third-order valence-electron chi connectivity index (χ3n) is 4.23. The van der Waals surface area contributed by atoms with Crippen LogP contribution >= 0.6 is 46.1 Å². The molecule has 0 aliphatic heterocycles. The molecule has 0 spiro atoms. The van der Waals surface area contributed by atoms with Crippen molar-refractivity contribution >= 4 is 51.1 Å². The first-order chi connectivity index (χ1) is 14.6. The van der Waals surface area contributed by atoms with E-state index in [1.807, 2.05) is 36.4 Å². The Kier molecular flexibility index (Phi) is 5.12. The van der Waals surface area contributed by atoms with E-state index in [1.165, 1.54) is 11.3 Å². The van der Waals surface area contributed by atoms with Crippen molar-refractivity contribution in [3.8, 4) is 28.7 Å². The minimum Gasteiger partial charge on any atom is -0.485 e. The zero-order chi connectivity index (χ0) is 20.7. The van der Waals surface area contributed by atoms with E-state index in [-0.39, 0.29) is 6.61 Å². The molecule has 6 nitrogen and oxygen atoms in total. The van der Waals surface area contributed by atoms with Crippen molar-refractivity contribution in [2.45, 2.75) is 6.61 Å². The Morgan fingerprint density at radius 2 is 1.67 bits per heavy atom. The summed E-state index contributed by atoms with van der Waals surface area (Å²) >= 11 is 19.4. The number of hydrogen-bond donors (Lipinski definition) is 0. The molecule has 150 valence electrons. The molecule has 0 radical (unpaired) electrons. The molecule has 30 heavy (non-hydrogen) atoms. The van der Waals surface area contributed by atoms with Gasteiger partial charge < -0.3 is 9.15 Å². The second kappa shape index (κ2) is 7.92. The van der Waals surface area contributed by atoms with Gasteiger partial charge in [-0.15, -0.1) is 10.2 Å². The summed E-state index contributed by atoms with van der Waals surface area (Å²) in [4.78, 5) is 0.634. The predicted octanol–water partition coefficient (Wildman–Crippen LogP) is 6.65. The Morgan fingerprint density at radius 1 is 0.900 bits per heavy atom. The van der Waals surface area contributed by atoms with Gasteiger partial charge in [0.1, 0.15) is 18.1 Å². The number of benzene rings is 2. The van der Waals surface area contributed by atoms with E-state index in [2.05, 4.69) is 15.3 Å². The molecular formula is C20H11Cl3N4O2S. The molecule has 5 aromatic rings. The molecule has 0 atom stereocenters. The van der Waals surface area contributed by atoms with Gasteiger partial charge in [0.2, 0.25) is 10.8 Å². The summed E-state index contributed by atoms with van der Waals surface area (Å²) in [5.74, 6) is 2.31. The van der Waals surface area contributed by atoms with Crippen LogP contribution in [0.1, 0.15) is 5.01 Å². The molecule has 0 bridgehead atoms. The van der Waals surface area contributed by atoms with Gasteiger partial charge in [-0.05, 0) is 54.6 Å². The number of ether oxygens (including phenoxy) is 1. The number of nitrogens with zero attached hydrogens (tertiary/aromatic N) is 4. The van der Waals surface area contributed by atoms with Crippen LogP contribution in [0.3, 0.4) is 0 Å². The van der Waals surface area contributed by atoms with Gasteiger partial charge in [-0.3, -0.25) is 0 Å². The highest BCUT2D eigenvalue weighted by atomic mass is 35.5. The molecule has 3 heterocycles. The number of halogens is 3. The Labute approximate surface area is 189 Å². The number of fused-ring (bicyclic) bond motifs is 1. The van der Waals surface area contributed by atoms with Crippen LogP contribution in [-0.4, -0.2) is 19.8 Å². The van der Waals surface area contributed by atoms with Gasteiger partial charge in [-0.1, -0.05) is 46.1 Å². The zero-order valence-corrected chi connectivity index (χ0v) is 18.1. The molecule has 0 unspecified atom stereocenters. The first kappa shape index (κ1) is 19.4. The highest BCUT2D eigenvalue weighted by Gasteiger charge is 2.17. The maximum absolute atomic E-state index is 6.15. The summed E-state index contributed by atoms with van der Waals surface area (Å²) in [6, 6.07) is 16.2. The van der Waals surface area contributed by atoms with Gasteiger partial charge in [0.25, 0.3) is 0 Å². The van der Waals surface area contributed by atoms with Crippen LogP contribution in [0.2, 0.25) is 15.1 Å². The number of furan rings is 1. The van der Waals surface area contributed by atoms with E-state index < -0.39 is 0 Å². The Hall–Kier alpha value is -2.58. The molecule has 10 heteroatoms. The zero-order valence-electron chi connectivity index (χ0n) is 15.1. The lowest BCUT2D eigenvalue weighted by atomic mass is 10.2. The minimum absolute atomic E-state index is 0.239. The highest BCUT2D eigenvalue weighted by molar-refractivity contribution is 7.16. The Morgan fingerprint density at radius 3 is 2.47 bits per heavy atom. The van der Waals surface area contributed by atoms with E-state index in [4.69, 9.17) is 44.0 Å². The van der Waals surface area contributed by atoms with E-state index in [1.54, 1.807) is 22.7 Å². The fourth-order valence-electron chi connectivity index (χ4n) is 2.83. The third-order valence-corrected chi connectivity index (χ3v) is 5.89. The average molecular weight is 478 g/mol. The van der Waals surface area contributed by atoms with Crippen LogP contribution in [-0.2, 0) is 6.61 Å². The predicted molar refractivity (Wildman–Crippen MR) is 118 cm³/mol. The number of aromatic nitrogens is 4. The topological polar surface area (TPSA) is 65.5 Å². The SMILES string of the molecule is Clc1ccc(-c2ccc(-c3nnc4sc(COc5ccc(Cl)cc5Cl)nn34)o2)cc1. The van der Waals surface area contributed by atoms with Gasteiger partial charge in [0.05, 0.1) is 5.02 Å². The summed E-state index contributed by atoms with van der Waals surface area (Å²) in [5, 5.41) is 15.3. The van der Waals surface area contributed by atoms with Crippen LogP contribution in [0.4, 0.5) is 0 Å². The maximum atomic E-state index is 6.15. The summed E-state index contributed by atoms with van der Waals surface area (Å²) < 4.78 is 13.4. The molecule has 3 aromatic heterocycles. The van der Waals surface area contributed by atoms with Crippen LogP contribution in [0.25, 0.3) is 27.9 Å². The standard InChI is InChI=1S/C20H11Cl3N4O2S/c21-12-3-1-11(2-4-12)15-7-8-17(29-15)19-24-25-20-27(19)26-18(30-20)10-28-16-6-5-13(22)9-14(16)23/h1-9H,10H2. The van der Waals surface area contributed by atoms with E-state index in [0.717, 1.165) is 10.6 Å². The summed E-state index contributed by atoms with van der Waals surface area (Å²) in [6.07, 6.45) is 0. The van der Waals surface area contributed by atoms with E-state index in [9.17, 15) is 0 Å². The van der Waals surface area contributed by atoms with Crippen molar-refractivity contribution in [1.29, 1.82) is 0 Å². The minimum atomic E-state index is 0.239. The molecule has 5 rings (SSSR count). The second-order valence-corrected chi connectivity index (χ2v) is 8.57. The van der Waals surface area contributed by atoms with Crippen molar-refractivity contribution in [2.24, 2.45) is 0 Å². The molecule has 0 saturated heterocycles. The van der Waals surface area contributed by atoms with Crippen LogP contribution < -0.4 is 4.74 Å². The third kappa shape index (κ3) is 3.77. The maximum Gasteiger partial charge on any atom is 0.235 e. The van der Waals surface area contributed by atoms with Crippen molar-refractivity contribution in [1.82, 2.24) is 19.8 Å². The van der Waals surface area contributed by atoms with Crippen molar-refractivity contribution in [3.63, 3.8) is 0 Å². The average Bonchev–Trinajstić information content (AvgIpc) is 3.43. The molecule has 0 fully saturated rings. The fraction of sp³-hybridized carbons (Fsp3) is 0.0500. The van der Waals surface area contributed by atoms with Crippen molar-refractivity contribution in [2.75, 3.05) is 0 Å². The first-order valence-electron chi connectivity index (χ1n) is 8.72. The summed E-state index contributed by atoms with van der Waals surface area (Å²) in [7, 11) is 0. The van der Waals surface area contributed by atoms with Crippen molar-refractivity contribution in [3.05, 3.63) is 74.7 Å². The highest BCUT2D eigenvalue weighted by Crippen LogP contribution is 2.31. The molecule has 0 N–H and O–H groups in total. The lowest BCUT2D eigenvalue weighted by molar-refractivity contribution is 0.304. The molecule has 0 aliphatic rings. The molecule has 0 saturated carbocycles. The molecule has 0 aliphatic carbocycles. The molecule has 0 amide bonds. The fourth-order valence-corrected chi connectivity index (χ4v) is 4.16. The number of hydrogen-bond acceptors (Lipinski definition) is 6. The van der Waals surface area contributed by atoms with Gasteiger partial charge in [-0.25, -0.2) is 0 Å². The van der Waals surface area contributed by atoms with Crippen LogP contribution in [0.15, 0.2) is 59.0 Å². The lowest BCUT2D eigenvalue weighted by Gasteiger charge is -2.05. The lowest BCUT2D eigenvalue weighted by Crippen LogP contribution is -1.97. The van der Waals surface area contributed by atoms with Gasteiger partial charge in [-0.2, -0.15) is 9.61 Å². The quantitative estimate of drug-likeness (QED) is 0.283. The van der Waals surface area contributed by atoms with E-state index >= 15 is 0 Å². The summed E-state index contributed by atoms with van der Waals surface area (Å²) in [5.41, 5.74) is 0.915. The second-order valence-electron chi connectivity index (χ2n) is 6.25. The smallest absolute Gasteiger partial charge is 0.235 e. The Balaban J connectivity index is 1.39. The van der Waals surface area contributed by atoms with Crippen LogP contribution in [0, 0.1) is 0 Å². The monoisotopic (exact) mass is 476 g/mol. The van der Waals surface area contributed by atoms with Crippen molar-refractivity contribution < 1.29 is 9.15 Å². The number of rotatable bonds is 5. The van der Waals surface area contributed by atoms with Crippen LogP contribution in [0.5, 0.6) is 5.75 Å². The normalized spacial score (nSPS) is 11.3.